The molecule has 1 aliphatic rings. The number of methoxy groups -OCH3 is 1. The van der Waals surface area contributed by atoms with Crippen LogP contribution in [0.15, 0.2) is 36.7 Å². The quantitative estimate of drug-likeness (QED) is 0.857. The number of benzene rings is 1. The van der Waals surface area contributed by atoms with E-state index < -0.39 is 0 Å². The van der Waals surface area contributed by atoms with E-state index in [1.807, 2.05) is 36.1 Å². The van der Waals surface area contributed by atoms with E-state index >= 15 is 0 Å². The van der Waals surface area contributed by atoms with Crippen molar-refractivity contribution in [2.75, 3.05) is 32.1 Å². The summed E-state index contributed by atoms with van der Waals surface area (Å²) in [5, 5.41) is 3.02. The van der Waals surface area contributed by atoms with Gasteiger partial charge >= 0.3 is 0 Å². The lowest BCUT2D eigenvalue weighted by atomic mass is 10.1. The third kappa shape index (κ3) is 4.41. The van der Waals surface area contributed by atoms with Crippen LogP contribution < -0.4 is 14.8 Å². The Labute approximate surface area is 153 Å². The lowest BCUT2D eigenvalue weighted by Gasteiger charge is -2.32. The first-order chi connectivity index (χ1) is 12.7. The molecule has 0 atom stereocenters. The minimum Gasteiger partial charge on any atom is -0.497 e. The number of nitrogens with one attached hydrogen (secondary N) is 1. The molecule has 0 aliphatic carbocycles. The zero-order valence-corrected chi connectivity index (χ0v) is 15.1. The Bertz CT molecular complexity index is 711. The highest BCUT2D eigenvalue weighted by atomic mass is 16.5. The Morgan fingerprint density at radius 2 is 1.77 bits per heavy atom. The number of hydrogen-bond acceptors (Lipinski definition) is 6. The molecule has 0 spiro atoms. The zero-order valence-electron chi connectivity index (χ0n) is 15.1. The van der Waals surface area contributed by atoms with Gasteiger partial charge in [0.2, 0.25) is 5.95 Å². The van der Waals surface area contributed by atoms with Crippen molar-refractivity contribution in [3.63, 3.8) is 0 Å². The van der Waals surface area contributed by atoms with Crippen molar-refractivity contribution in [2.24, 2.45) is 0 Å². The number of aromatic nitrogens is 2. The summed E-state index contributed by atoms with van der Waals surface area (Å²) < 4.78 is 11.2. The predicted molar refractivity (Wildman–Crippen MR) is 98.7 cm³/mol. The van der Waals surface area contributed by atoms with Crippen molar-refractivity contribution in [1.82, 2.24) is 14.9 Å². The molecule has 1 aromatic carbocycles. The van der Waals surface area contributed by atoms with Crippen LogP contribution in [0.25, 0.3) is 0 Å². The molecule has 1 amide bonds. The van der Waals surface area contributed by atoms with Gasteiger partial charge in [-0.3, -0.25) is 4.79 Å². The van der Waals surface area contributed by atoms with Crippen LogP contribution in [0.5, 0.6) is 11.5 Å². The van der Waals surface area contributed by atoms with Gasteiger partial charge in [-0.25, -0.2) is 9.97 Å². The smallest absolute Gasteiger partial charge is 0.256 e. The number of carbonyl (C=O) groups is 1. The third-order valence-corrected chi connectivity index (χ3v) is 4.33. The van der Waals surface area contributed by atoms with Gasteiger partial charge in [-0.05, 0) is 31.2 Å². The standard InChI is InChI=1S/C19H24N4O3/c1-3-20-19-21-12-14(13-22-19)18(24)23-10-8-17(9-11-23)26-16-6-4-15(25-2)5-7-16/h4-7,12-13,17H,3,8-11H2,1-2H3,(H,20,21,22). The summed E-state index contributed by atoms with van der Waals surface area (Å²) in [6.45, 7) is 4.04. The van der Waals surface area contributed by atoms with Gasteiger partial charge in [-0.1, -0.05) is 0 Å². The lowest BCUT2D eigenvalue weighted by Crippen LogP contribution is -2.41. The van der Waals surface area contributed by atoms with Crippen molar-refractivity contribution in [3.8, 4) is 11.5 Å². The first-order valence-corrected chi connectivity index (χ1v) is 8.85. The molecule has 1 saturated heterocycles. The minimum absolute atomic E-state index is 0.0315. The predicted octanol–water partition coefficient (Wildman–Crippen LogP) is 2.60. The number of amides is 1. The van der Waals surface area contributed by atoms with Gasteiger partial charge in [-0.15, -0.1) is 0 Å². The summed E-state index contributed by atoms with van der Waals surface area (Å²) in [6.07, 6.45) is 4.86. The molecular formula is C19H24N4O3. The first-order valence-electron chi connectivity index (χ1n) is 8.85. The molecule has 7 nitrogen and oxygen atoms in total. The topological polar surface area (TPSA) is 76.6 Å². The number of ether oxygens (including phenoxy) is 2. The van der Waals surface area contributed by atoms with Gasteiger partial charge < -0.3 is 19.7 Å². The maximum atomic E-state index is 12.6. The van der Waals surface area contributed by atoms with Gasteiger partial charge in [0.1, 0.15) is 17.6 Å². The summed E-state index contributed by atoms with van der Waals surface area (Å²) in [5.41, 5.74) is 0.515. The van der Waals surface area contributed by atoms with Crippen LogP contribution in [0.2, 0.25) is 0 Å². The summed E-state index contributed by atoms with van der Waals surface area (Å²) in [7, 11) is 1.64. The second kappa shape index (κ2) is 8.51. The second-order valence-corrected chi connectivity index (χ2v) is 6.11. The fourth-order valence-corrected chi connectivity index (χ4v) is 2.89. The van der Waals surface area contributed by atoms with Crippen molar-refractivity contribution in [3.05, 3.63) is 42.2 Å². The number of hydrogen-bond donors (Lipinski definition) is 1. The van der Waals surface area contributed by atoms with Gasteiger partial charge in [0, 0.05) is 44.9 Å². The zero-order chi connectivity index (χ0) is 18.4. The molecular weight excluding hydrogens is 332 g/mol. The Kier molecular flexibility index (Phi) is 5.88. The Hall–Kier alpha value is -2.83. The van der Waals surface area contributed by atoms with Crippen LogP contribution in [-0.4, -0.2) is 53.6 Å². The Morgan fingerprint density at radius 3 is 2.35 bits per heavy atom. The lowest BCUT2D eigenvalue weighted by molar-refractivity contribution is 0.0594. The third-order valence-electron chi connectivity index (χ3n) is 4.33. The molecule has 2 aromatic rings. The van der Waals surface area contributed by atoms with Gasteiger partial charge in [0.15, 0.2) is 0 Å². The summed E-state index contributed by atoms with van der Waals surface area (Å²) in [5.74, 6) is 2.13. The number of rotatable bonds is 6. The van der Waals surface area contributed by atoms with Crippen LogP contribution in [0, 0.1) is 0 Å². The van der Waals surface area contributed by atoms with Crippen molar-refractivity contribution >= 4 is 11.9 Å². The van der Waals surface area contributed by atoms with Crippen LogP contribution in [0.3, 0.4) is 0 Å². The fraction of sp³-hybridized carbons (Fsp3) is 0.421. The largest absolute Gasteiger partial charge is 0.497 e. The average Bonchev–Trinajstić information content (AvgIpc) is 2.69. The molecule has 0 saturated carbocycles. The van der Waals surface area contributed by atoms with Crippen molar-refractivity contribution < 1.29 is 14.3 Å². The number of piperidine rings is 1. The van der Waals surface area contributed by atoms with Gasteiger partial charge in [0.25, 0.3) is 5.91 Å². The summed E-state index contributed by atoms with van der Waals surface area (Å²) in [4.78, 5) is 22.7. The molecule has 1 aromatic heterocycles. The van der Waals surface area contributed by atoms with Crippen LogP contribution in [-0.2, 0) is 0 Å². The SMILES string of the molecule is CCNc1ncc(C(=O)N2CCC(Oc3ccc(OC)cc3)CC2)cn1. The van der Waals surface area contributed by atoms with E-state index in [0.29, 0.717) is 24.6 Å². The Morgan fingerprint density at radius 1 is 1.15 bits per heavy atom. The number of nitrogens with zero attached hydrogens (tertiary/aromatic N) is 3. The molecule has 138 valence electrons. The molecule has 26 heavy (non-hydrogen) atoms. The molecule has 1 aliphatic heterocycles. The molecule has 0 bridgehead atoms. The van der Waals surface area contributed by atoms with Crippen LogP contribution in [0.4, 0.5) is 5.95 Å². The average molecular weight is 356 g/mol. The molecule has 0 unspecified atom stereocenters. The van der Waals surface area contributed by atoms with Crippen LogP contribution >= 0.6 is 0 Å². The molecule has 1 N–H and O–H groups in total. The highest BCUT2D eigenvalue weighted by molar-refractivity contribution is 5.93. The maximum Gasteiger partial charge on any atom is 0.256 e. The number of carbonyl (C=O) groups excluding carboxylic acids is 1. The van der Waals surface area contributed by atoms with E-state index in [2.05, 4.69) is 15.3 Å². The van der Waals surface area contributed by atoms with E-state index in [-0.39, 0.29) is 12.0 Å². The molecule has 0 radical (unpaired) electrons. The number of likely N-dealkylation sites (tertiary alicyclic amines) is 1. The van der Waals surface area contributed by atoms with Gasteiger partial charge in [0.05, 0.1) is 12.7 Å². The van der Waals surface area contributed by atoms with E-state index in [1.165, 1.54) is 0 Å². The highest BCUT2D eigenvalue weighted by Crippen LogP contribution is 2.22. The minimum atomic E-state index is -0.0315. The van der Waals surface area contributed by atoms with Crippen molar-refractivity contribution in [2.45, 2.75) is 25.9 Å². The monoisotopic (exact) mass is 356 g/mol. The number of anilines is 1. The second-order valence-electron chi connectivity index (χ2n) is 6.11. The van der Waals surface area contributed by atoms with E-state index in [4.69, 9.17) is 9.47 Å². The summed E-state index contributed by atoms with van der Waals surface area (Å²) >= 11 is 0. The summed E-state index contributed by atoms with van der Waals surface area (Å²) in [6, 6.07) is 7.56. The van der Waals surface area contributed by atoms with E-state index in [9.17, 15) is 4.79 Å². The normalized spacial score (nSPS) is 14.8. The molecule has 2 heterocycles. The maximum absolute atomic E-state index is 12.6. The fourth-order valence-electron chi connectivity index (χ4n) is 2.89. The van der Waals surface area contributed by atoms with Crippen LogP contribution in [0.1, 0.15) is 30.1 Å². The van der Waals surface area contributed by atoms with E-state index in [0.717, 1.165) is 30.9 Å². The Balaban J connectivity index is 1.51. The highest BCUT2D eigenvalue weighted by Gasteiger charge is 2.25. The van der Waals surface area contributed by atoms with Crippen molar-refractivity contribution in [1.29, 1.82) is 0 Å². The van der Waals surface area contributed by atoms with Gasteiger partial charge in [-0.2, -0.15) is 0 Å². The van der Waals surface area contributed by atoms with E-state index in [1.54, 1.807) is 19.5 Å². The molecule has 1 fully saturated rings. The first kappa shape index (κ1) is 18.0. The molecule has 3 rings (SSSR count). The molecule has 7 heteroatoms.